The maximum atomic E-state index is 12.4. The zero-order chi connectivity index (χ0) is 52.8. The number of nitrogens with two attached hydrogens (primary N) is 1. The lowest BCUT2D eigenvalue weighted by Gasteiger charge is -2.40. The molecule has 0 spiro atoms. The first-order chi connectivity index (χ1) is 36.2. The van der Waals surface area contributed by atoms with E-state index in [2.05, 4.69) is 96.5 Å². The van der Waals surface area contributed by atoms with Crippen LogP contribution in [0.1, 0.15) is 143 Å². The standard InChI is InChI=1S/C29H41N7O2.C29H39N7O/c1-19-22(17-26(37)34(2)3)5-4-14-36(19)25-18-31-27(28(30)38)29(33-25)32-23-8-6-20(7-9-23)21-12-15-35(16-13-21)24-10-11-24;1-20-23(17-28(37)34(2)3)5-4-14-36(20)27-19-31-26(18-30)29(33-27)32-24-8-6-21(7-9-24)22-12-15-35(16-13-22)25-10-11-25/h6-9,18-19,21-22,24H,4-5,10-17H2,1-3H3,(H2,30,38)(H,32,33);6-9,19-20,22-23,25H,4-5,10-17H2,1-3H3,(H,32,33)/t19-,22+;20-,23+/m11/s1. The number of aromatic nitrogens is 4. The molecule has 4 N–H and O–H groups in total. The lowest BCUT2D eigenvalue weighted by Crippen LogP contribution is -2.45. The van der Waals surface area contributed by atoms with Gasteiger partial charge < -0.3 is 45.8 Å². The minimum Gasteiger partial charge on any atom is -0.364 e. The van der Waals surface area contributed by atoms with Crippen molar-refractivity contribution in [2.45, 2.75) is 140 Å². The Morgan fingerprint density at radius 1 is 0.600 bits per heavy atom. The van der Waals surface area contributed by atoms with Crippen molar-refractivity contribution in [3.8, 4) is 6.07 Å². The highest BCUT2D eigenvalue weighted by Gasteiger charge is 2.35. The molecule has 6 aliphatic rings. The van der Waals surface area contributed by atoms with Crippen molar-refractivity contribution in [1.29, 1.82) is 5.26 Å². The largest absolute Gasteiger partial charge is 0.364 e. The first-order valence-corrected chi connectivity index (χ1v) is 27.8. The number of piperidine rings is 4. The molecular weight excluding hydrogens is 941 g/mol. The third-order valence-corrected chi connectivity index (χ3v) is 17.1. The zero-order valence-electron chi connectivity index (χ0n) is 45.3. The van der Waals surface area contributed by atoms with Gasteiger partial charge in [0.1, 0.15) is 17.7 Å². The molecule has 10 rings (SSSR count). The molecule has 75 heavy (non-hydrogen) atoms. The topological polar surface area (TPSA) is 196 Å². The summed E-state index contributed by atoms with van der Waals surface area (Å²) in [5.74, 6) is 3.65. The monoisotopic (exact) mass is 1020 g/mol. The summed E-state index contributed by atoms with van der Waals surface area (Å²) in [6.45, 7) is 10.8. The van der Waals surface area contributed by atoms with Crippen LogP contribution in [0.4, 0.5) is 34.6 Å². The van der Waals surface area contributed by atoms with Crippen LogP contribution in [-0.2, 0) is 9.59 Å². The minimum absolute atomic E-state index is 0.120. The predicted octanol–water partition coefficient (Wildman–Crippen LogP) is 8.26. The van der Waals surface area contributed by atoms with Crippen LogP contribution in [0.25, 0.3) is 0 Å². The third-order valence-electron chi connectivity index (χ3n) is 17.1. The van der Waals surface area contributed by atoms with Crippen molar-refractivity contribution in [2.24, 2.45) is 17.6 Å². The number of primary amides is 1. The Hall–Kier alpha value is -6.38. The second-order valence-electron chi connectivity index (χ2n) is 22.6. The fourth-order valence-electron chi connectivity index (χ4n) is 12.0. The van der Waals surface area contributed by atoms with E-state index >= 15 is 0 Å². The minimum atomic E-state index is -0.619. The van der Waals surface area contributed by atoms with E-state index in [1.165, 1.54) is 88.7 Å². The molecule has 17 nitrogen and oxygen atoms in total. The van der Waals surface area contributed by atoms with E-state index in [1.807, 2.05) is 26.2 Å². The first-order valence-electron chi connectivity index (χ1n) is 27.8. The Kier molecular flexibility index (Phi) is 17.2. The lowest BCUT2D eigenvalue weighted by atomic mass is 9.87. The second kappa shape index (κ2) is 24.1. The summed E-state index contributed by atoms with van der Waals surface area (Å²) in [7, 11) is 7.21. The molecule has 4 aromatic rings. The van der Waals surface area contributed by atoms with Gasteiger partial charge in [-0.25, -0.2) is 19.9 Å². The van der Waals surface area contributed by atoms with Gasteiger partial charge in [-0.2, -0.15) is 5.26 Å². The van der Waals surface area contributed by atoms with Crippen LogP contribution in [0, 0.1) is 23.2 Å². The van der Waals surface area contributed by atoms with Gasteiger partial charge in [0.15, 0.2) is 23.0 Å². The van der Waals surface area contributed by atoms with Gasteiger partial charge in [-0.05, 0) is 176 Å². The Balaban J connectivity index is 0.000000184. The lowest BCUT2D eigenvalue weighted by molar-refractivity contribution is -0.130. The quantitative estimate of drug-likeness (QED) is 0.103. The average molecular weight is 1020 g/mol. The molecule has 0 unspecified atom stereocenters. The molecular formula is C58H80N14O3. The number of benzene rings is 2. The van der Waals surface area contributed by atoms with E-state index in [9.17, 15) is 19.6 Å². The van der Waals surface area contributed by atoms with Crippen LogP contribution >= 0.6 is 0 Å². The van der Waals surface area contributed by atoms with Crippen molar-refractivity contribution in [2.75, 3.05) is 87.9 Å². The molecule has 2 aromatic carbocycles. The number of amides is 3. The molecule has 4 atom stereocenters. The van der Waals surface area contributed by atoms with E-state index in [0.717, 1.165) is 68.0 Å². The fourth-order valence-corrected chi connectivity index (χ4v) is 12.0. The number of hydrogen-bond donors (Lipinski definition) is 3. The Morgan fingerprint density at radius 3 is 1.41 bits per heavy atom. The van der Waals surface area contributed by atoms with E-state index in [0.29, 0.717) is 42.1 Å². The number of nitrogens with zero attached hydrogens (tertiary/aromatic N) is 11. The number of nitrogens with one attached hydrogen (secondary N) is 2. The van der Waals surface area contributed by atoms with Crippen molar-refractivity contribution in [1.82, 2.24) is 39.5 Å². The highest BCUT2D eigenvalue weighted by atomic mass is 16.2. The number of carbonyl (C=O) groups excluding carboxylic acids is 3. The Bertz CT molecular complexity index is 2630. The number of nitriles is 1. The van der Waals surface area contributed by atoms with Gasteiger partial charge in [-0.3, -0.25) is 14.4 Å². The molecule has 3 amide bonds. The van der Waals surface area contributed by atoms with E-state index in [-0.39, 0.29) is 47.1 Å². The first kappa shape index (κ1) is 53.4. The number of hydrogen-bond acceptors (Lipinski definition) is 14. The highest BCUT2D eigenvalue weighted by Crippen LogP contribution is 2.38. The average Bonchev–Trinajstić information content (AvgIpc) is 4.37. The van der Waals surface area contributed by atoms with Crippen LogP contribution in [0.2, 0.25) is 0 Å². The normalized spacial score (nSPS) is 22.8. The van der Waals surface area contributed by atoms with Crippen LogP contribution in [0.5, 0.6) is 0 Å². The van der Waals surface area contributed by atoms with Crippen LogP contribution in [0.3, 0.4) is 0 Å². The molecule has 2 saturated carbocycles. The molecule has 6 heterocycles. The summed E-state index contributed by atoms with van der Waals surface area (Å²) in [6.07, 6.45) is 18.7. The van der Waals surface area contributed by atoms with Gasteiger partial charge in [0.2, 0.25) is 11.8 Å². The number of anilines is 6. The van der Waals surface area contributed by atoms with Crippen molar-refractivity contribution in [3.63, 3.8) is 0 Å². The molecule has 17 heteroatoms. The summed E-state index contributed by atoms with van der Waals surface area (Å²) in [5.41, 5.74) is 10.6. The van der Waals surface area contributed by atoms with Crippen LogP contribution in [-0.4, -0.2) is 149 Å². The Morgan fingerprint density at radius 2 is 1.01 bits per heavy atom. The summed E-state index contributed by atoms with van der Waals surface area (Å²) < 4.78 is 0. The molecule has 4 saturated heterocycles. The second-order valence-corrected chi connectivity index (χ2v) is 22.6. The van der Waals surface area contributed by atoms with Gasteiger partial charge >= 0.3 is 0 Å². The number of rotatable bonds is 15. The van der Waals surface area contributed by atoms with Crippen molar-refractivity contribution in [3.05, 3.63) is 83.4 Å². The maximum absolute atomic E-state index is 12.4. The summed E-state index contributed by atoms with van der Waals surface area (Å²) >= 11 is 0. The Labute approximate surface area is 444 Å². The van der Waals surface area contributed by atoms with E-state index < -0.39 is 5.91 Å². The smallest absolute Gasteiger partial charge is 0.271 e. The van der Waals surface area contributed by atoms with E-state index in [1.54, 1.807) is 36.3 Å². The zero-order valence-corrected chi connectivity index (χ0v) is 45.3. The van der Waals surface area contributed by atoms with Gasteiger partial charge in [-0.15, -0.1) is 0 Å². The van der Waals surface area contributed by atoms with Gasteiger partial charge in [-0.1, -0.05) is 24.3 Å². The summed E-state index contributed by atoms with van der Waals surface area (Å²) in [6, 6.07) is 21.2. The predicted molar refractivity (Wildman–Crippen MR) is 296 cm³/mol. The number of carbonyl (C=O) groups is 3. The third kappa shape index (κ3) is 13.4. The van der Waals surface area contributed by atoms with Gasteiger partial charge in [0.25, 0.3) is 5.91 Å². The summed E-state index contributed by atoms with van der Waals surface area (Å²) in [4.78, 5) is 68.4. The molecule has 2 aliphatic carbocycles. The maximum Gasteiger partial charge on any atom is 0.271 e. The molecule has 0 bridgehead atoms. The summed E-state index contributed by atoms with van der Waals surface area (Å²) in [5, 5.41) is 16.3. The van der Waals surface area contributed by atoms with Crippen LogP contribution < -0.4 is 26.2 Å². The molecule has 4 aliphatic heterocycles. The highest BCUT2D eigenvalue weighted by molar-refractivity contribution is 5.96. The van der Waals surface area contributed by atoms with E-state index in [4.69, 9.17) is 15.7 Å². The van der Waals surface area contributed by atoms with Crippen molar-refractivity contribution >= 4 is 52.4 Å². The molecule has 2 aromatic heterocycles. The fraction of sp³-hybridized carbons (Fsp3) is 0.586. The van der Waals surface area contributed by atoms with Crippen molar-refractivity contribution < 1.29 is 14.4 Å². The molecule has 0 radical (unpaired) electrons. The molecule has 400 valence electrons. The van der Waals surface area contributed by atoms with Gasteiger partial charge in [0, 0.05) is 89.7 Å². The van der Waals surface area contributed by atoms with Gasteiger partial charge in [0.05, 0.1) is 12.4 Å². The molecule has 6 fully saturated rings. The number of likely N-dealkylation sites (tertiary alicyclic amines) is 2. The SMILES string of the molecule is C[C@@H]1[C@H](CC(=O)N(C)C)CCCN1c1cnc(C#N)c(Nc2ccc(C3CCN(C4CC4)CC3)cc2)n1.C[C@@H]1[C@H](CC(=O)N(C)C)CCCN1c1cnc(C(N)=O)c(Nc2ccc(C3CCN(C4CC4)CC3)cc2)n1. The van der Waals surface area contributed by atoms with Crippen LogP contribution in [0.15, 0.2) is 60.9 Å².